The van der Waals surface area contributed by atoms with Gasteiger partial charge < -0.3 is 19.5 Å². The van der Waals surface area contributed by atoms with Crippen LogP contribution in [0.3, 0.4) is 0 Å². The maximum absolute atomic E-state index is 12.6. The number of halogens is 2. The first-order valence-corrected chi connectivity index (χ1v) is 10.9. The molecule has 0 radical (unpaired) electrons. The summed E-state index contributed by atoms with van der Waals surface area (Å²) < 4.78 is 42.2. The molecule has 2 aromatic rings. The smallest absolute Gasteiger partial charge is 0.387 e. The van der Waals surface area contributed by atoms with E-state index in [0.29, 0.717) is 19.7 Å². The molecule has 8 heteroatoms. The van der Waals surface area contributed by atoms with Gasteiger partial charge in [-0.15, -0.1) is 0 Å². The van der Waals surface area contributed by atoms with Gasteiger partial charge in [0.25, 0.3) is 0 Å². The normalized spacial score (nSPS) is 23.5. The topological polar surface area (TPSA) is 60.0 Å². The highest BCUT2D eigenvalue weighted by molar-refractivity contribution is 5.93. The molecule has 2 aromatic carbocycles. The van der Waals surface area contributed by atoms with Crippen LogP contribution in [0.2, 0.25) is 0 Å². The number of likely N-dealkylation sites (tertiary alicyclic amines) is 1. The van der Waals surface area contributed by atoms with E-state index in [1.807, 2.05) is 35.2 Å². The Morgan fingerprint density at radius 2 is 1.94 bits per heavy atom. The van der Waals surface area contributed by atoms with Crippen LogP contribution in [0.5, 0.6) is 5.75 Å². The maximum Gasteiger partial charge on any atom is 0.387 e. The summed E-state index contributed by atoms with van der Waals surface area (Å²) >= 11 is 0. The van der Waals surface area contributed by atoms with Crippen molar-refractivity contribution in [2.75, 3.05) is 31.6 Å². The third-order valence-electron chi connectivity index (χ3n) is 6.03. The van der Waals surface area contributed by atoms with Crippen molar-refractivity contribution in [1.82, 2.24) is 4.90 Å². The lowest BCUT2D eigenvalue weighted by molar-refractivity contribution is -0.159. The van der Waals surface area contributed by atoms with E-state index >= 15 is 0 Å². The van der Waals surface area contributed by atoms with E-state index in [2.05, 4.69) is 10.1 Å². The minimum absolute atomic E-state index is 0.0585. The second kappa shape index (κ2) is 10.4. The van der Waals surface area contributed by atoms with E-state index in [0.717, 1.165) is 31.4 Å². The molecule has 1 N–H and O–H groups in total. The van der Waals surface area contributed by atoms with E-state index in [4.69, 9.17) is 9.47 Å². The molecule has 2 aliphatic rings. The Bertz CT molecular complexity index is 891. The van der Waals surface area contributed by atoms with E-state index in [9.17, 15) is 13.6 Å². The fourth-order valence-corrected chi connectivity index (χ4v) is 4.45. The van der Waals surface area contributed by atoms with Gasteiger partial charge in [0.2, 0.25) is 5.91 Å². The molecule has 172 valence electrons. The minimum Gasteiger partial charge on any atom is -0.433 e. The van der Waals surface area contributed by atoms with Crippen LogP contribution in [0, 0.1) is 0 Å². The summed E-state index contributed by atoms with van der Waals surface area (Å²) in [5.41, 5.74) is 1.01. The SMILES string of the molecule is O=C(CN1CC[C@]2(CCCO2)[C@@H](OCc2ccccc2)C1)Nc1ccccc1OC(F)F. The van der Waals surface area contributed by atoms with Gasteiger partial charge in [0.05, 0.1) is 30.5 Å². The van der Waals surface area contributed by atoms with Crippen molar-refractivity contribution < 1.29 is 27.8 Å². The monoisotopic (exact) mass is 446 g/mol. The summed E-state index contributed by atoms with van der Waals surface area (Å²) in [6, 6.07) is 16.1. The number of anilines is 1. The predicted molar refractivity (Wildman–Crippen MR) is 116 cm³/mol. The number of alkyl halides is 2. The molecule has 2 heterocycles. The van der Waals surface area contributed by atoms with Crippen molar-refractivity contribution in [3.05, 3.63) is 60.2 Å². The molecule has 0 unspecified atom stereocenters. The van der Waals surface area contributed by atoms with Crippen LogP contribution in [0.15, 0.2) is 54.6 Å². The highest BCUT2D eigenvalue weighted by Gasteiger charge is 2.47. The van der Waals surface area contributed by atoms with Gasteiger partial charge in [0, 0.05) is 19.7 Å². The van der Waals surface area contributed by atoms with Gasteiger partial charge in [-0.05, 0) is 37.0 Å². The Labute approximate surface area is 186 Å². The van der Waals surface area contributed by atoms with Crippen LogP contribution >= 0.6 is 0 Å². The van der Waals surface area contributed by atoms with Gasteiger partial charge >= 0.3 is 6.61 Å². The van der Waals surface area contributed by atoms with Crippen LogP contribution in [0.1, 0.15) is 24.8 Å². The quantitative estimate of drug-likeness (QED) is 0.663. The number of carbonyl (C=O) groups is 1. The van der Waals surface area contributed by atoms with Crippen molar-refractivity contribution >= 4 is 11.6 Å². The van der Waals surface area contributed by atoms with Crippen LogP contribution in [-0.4, -0.2) is 55.4 Å². The Hall–Kier alpha value is -2.55. The van der Waals surface area contributed by atoms with Crippen molar-refractivity contribution in [3.63, 3.8) is 0 Å². The van der Waals surface area contributed by atoms with E-state index in [1.165, 1.54) is 6.07 Å². The van der Waals surface area contributed by atoms with Gasteiger partial charge in [-0.1, -0.05) is 42.5 Å². The van der Waals surface area contributed by atoms with Crippen LogP contribution in [0.4, 0.5) is 14.5 Å². The molecule has 0 aliphatic carbocycles. The minimum atomic E-state index is -2.96. The van der Waals surface area contributed by atoms with E-state index in [-0.39, 0.29) is 35.6 Å². The Morgan fingerprint density at radius 3 is 2.69 bits per heavy atom. The molecule has 0 bridgehead atoms. The number of piperidine rings is 1. The number of hydrogen-bond acceptors (Lipinski definition) is 5. The number of benzene rings is 2. The highest BCUT2D eigenvalue weighted by atomic mass is 19.3. The Morgan fingerprint density at radius 1 is 1.16 bits per heavy atom. The van der Waals surface area contributed by atoms with Gasteiger partial charge in [0.1, 0.15) is 5.75 Å². The zero-order valence-corrected chi connectivity index (χ0v) is 17.8. The number of hydrogen-bond donors (Lipinski definition) is 1. The lowest BCUT2D eigenvalue weighted by atomic mass is 9.85. The fourth-order valence-electron chi connectivity index (χ4n) is 4.45. The molecule has 0 saturated carbocycles. The molecule has 1 amide bonds. The van der Waals surface area contributed by atoms with Gasteiger partial charge in [-0.2, -0.15) is 8.78 Å². The van der Waals surface area contributed by atoms with E-state index < -0.39 is 6.61 Å². The Balaban J connectivity index is 1.37. The number of carbonyl (C=O) groups excluding carboxylic acids is 1. The largest absolute Gasteiger partial charge is 0.433 e. The van der Waals surface area contributed by atoms with Crippen LogP contribution < -0.4 is 10.1 Å². The number of nitrogens with one attached hydrogen (secondary N) is 1. The zero-order valence-electron chi connectivity index (χ0n) is 17.8. The predicted octanol–water partition coefficient (Wildman–Crippen LogP) is 4.07. The standard InChI is InChI=1S/C24H28F2N2O4/c25-23(26)32-20-10-5-4-9-19(20)27-22(29)16-28-13-12-24(11-6-14-31-24)21(15-28)30-17-18-7-2-1-3-8-18/h1-5,7-10,21,23H,6,11-17H2,(H,27,29)/t21-,24+/m0/s1. The van der Waals surface area contributed by atoms with Crippen molar-refractivity contribution in [3.8, 4) is 5.75 Å². The maximum atomic E-state index is 12.6. The fraction of sp³-hybridized carbons (Fsp3) is 0.458. The summed E-state index contributed by atoms with van der Waals surface area (Å²) in [7, 11) is 0. The summed E-state index contributed by atoms with van der Waals surface area (Å²) in [5, 5.41) is 2.69. The lowest BCUT2D eigenvalue weighted by Gasteiger charge is -2.44. The first-order valence-electron chi connectivity index (χ1n) is 10.9. The first kappa shape index (κ1) is 22.6. The van der Waals surface area contributed by atoms with Crippen LogP contribution in [0.25, 0.3) is 0 Å². The van der Waals surface area contributed by atoms with Crippen molar-refractivity contribution in [2.45, 2.75) is 44.2 Å². The molecule has 2 fully saturated rings. The molecule has 2 aliphatic heterocycles. The molecular weight excluding hydrogens is 418 g/mol. The second-order valence-corrected chi connectivity index (χ2v) is 8.21. The van der Waals surface area contributed by atoms with Gasteiger partial charge in [0.15, 0.2) is 0 Å². The number of para-hydroxylation sites is 2. The summed E-state index contributed by atoms with van der Waals surface area (Å²) in [5.74, 6) is -0.350. The van der Waals surface area contributed by atoms with E-state index in [1.54, 1.807) is 18.2 Å². The van der Waals surface area contributed by atoms with Gasteiger partial charge in [-0.3, -0.25) is 9.69 Å². The van der Waals surface area contributed by atoms with Crippen LogP contribution in [-0.2, 0) is 20.9 Å². The third kappa shape index (κ3) is 5.62. The second-order valence-electron chi connectivity index (χ2n) is 8.21. The molecule has 0 aromatic heterocycles. The summed E-state index contributed by atoms with van der Waals surface area (Å²) in [6.07, 6.45) is 2.59. The van der Waals surface area contributed by atoms with Gasteiger partial charge in [-0.25, -0.2) is 0 Å². The molecule has 1 spiro atoms. The highest BCUT2D eigenvalue weighted by Crippen LogP contribution is 2.38. The number of nitrogens with zero attached hydrogens (tertiary/aromatic N) is 1. The average molecular weight is 446 g/mol. The Kier molecular flexibility index (Phi) is 7.34. The zero-order chi connectivity index (χ0) is 22.4. The molecular formula is C24H28F2N2O4. The summed E-state index contributed by atoms with van der Waals surface area (Å²) in [6.45, 7) is -0.352. The molecule has 2 atom stereocenters. The van der Waals surface area contributed by atoms with Crippen molar-refractivity contribution in [2.24, 2.45) is 0 Å². The molecule has 32 heavy (non-hydrogen) atoms. The molecule has 6 nitrogen and oxygen atoms in total. The first-order chi connectivity index (χ1) is 15.5. The number of rotatable bonds is 8. The summed E-state index contributed by atoms with van der Waals surface area (Å²) in [4.78, 5) is 14.7. The molecule has 4 rings (SSSR count). The van der Waals surface area contributed by atoms with Crippen molar-refractivity contribution in [1.29, 1.82) is 0 Å². The lowest BCUT2D eigenvalue weighted by Crippen LogP contribution is -2.57. The third-order valence-corrected chi connectivity index (χ3v) is 6.03. The average Bonchev–Trinajstić information content (AvgIpc) is 3.25. The number of amides is 1. The molecule has 2 saturated heterocycles. The number of ether oxygens (including phenoxy) is 3.